The number of hydrogen-bond acceptors (Lipinski definition) is 4. The summed E-state index contributed by atoms with van der Waals surface area (Å²) in [5, 5.41) is 4.07. The number of benzene rings is 1. The van der Waals surface area contributed by atoms with Crippen LogP contribution in [0, 0.1) is 24.5 Å². The van der Waals surface area contributed by atoms with E-state index in [1.807, 2.05) is 13.8 Å². The molecule has 7 heteroatoms. The third-order valence-corrected chi connectivity index (χ3v) is 3.13. The Balaban J connectivity index is 2.27. The summed E-state index contributed by atoms with van der Waals surface area (Å²) >= 11 is 0. The Bertz CT molecular complexity index is 710. The zero-order valence-corrected chi connectivity index (χ0v) is 13.4. The van der Waals surface area contributed by atoms with Crippen molar-refractivity contribution in [2.75, 3.05) is 12.3 Å². The molecular weight excluding hydrogens is 302 g/mol. The lowest BCUT2D eigenvalue weighted by Gasteiger charge is -2.11. The average Bonchev–Trinajstić information content (AvgIpc) is 2.76. The van der Waals surface area contributed by atoms with Crippen LogP contribution >= 0.6 is 0 Å². The van der Waals surface area contributed by atoms with E-state index < -0.39 is 11.6 Å². The minimum absolute atomic E-state index is 0.0220. The molecule has 0 saturated heterocycles. The molecule has 0 atom stereocenters. The van der Waals surface area contributed by atoms with Gasteiger partial charge in [-0.05, 0) is 25.3 Å². The molecule has 0 aliphatic rings. The van der Waals surface area contributed by atoms with E-state index in [0.717, 1.165) is 18.6 Å². The number of nitrogens with zero attached hydrogens (tertiary/aromatic N) is 3. The maximum Gasteiger partial charge on any atom is 0.221 e. The molecule has 0 unspecified atom stereocenters. The Morgan fingerprint density at radius 2 is 2.13 bits per heavy atom. The molecule has 0 radical (unpaired) electrons. The number of nitrogens with two attached hydrogens (primary N) is 1. The summed E-state index contributed by atoms with van der Waals surface area (Å²) in [4.78, 5) is 4.00. The number of anilines is 1. The molecule has 0 spiro atoms. The fraction of sp³-hybridized carbons (Fsp3) is 0.375. The van der Waals surface area contributed by atoms with E-state index in [1.165, 1.54) is 10.9 Å². The van der Waals surface area contributed by atoms with Gasteiger partial charge in [0, 0.05) is 11.6 Å². The minimum atomic E-state index is -0.759. The lowest BCUT2D eigenvalue weighted by molar-refractivity contribution is 0.275. The predicted octanol–water partition coefficient (Wildman–Crippen LogP) is 3.36. The zero-order valence-electron chi connectivity index (χ0n) is 13.4. The number of rotatable bonds is 6. The molecule has 0 saturated carbocycles. The first-order valence-electron chi connectivity index (χ1n) is 7.34. The van der Waals surface area contributed by atoms with Gasteiger partial charge in [0.15, 0.2) is 11.6 Å². The summed E-state index contributed by atoms with van der Waals surface area (Å²) in [5.74, 6) is -0.867. The fourth-order valence-corrected chi connectivity index (χ4v) is 1.95. The molecule has 2 rings (SSSR count). The second-order valence-corrected chi connectivity index (χ2v) is 5.67. The van der Waals surface area contributed by atoms with E-state index in [-0.39, 0.29) is 17.3 Å². The Hall–Kier alpha value is -2.44. The number of hydrogen-bond donors (Lipinski definition) is 1. The van der Waals surface area contributed by atoms with Crippen molar-refractivity contribution in [2.45, 2.75) is 27.2 Å². The summed E-state index contributed by atoms with van der Waals surface area (Å²) in [6, 6.07) is 1.95. The quantitative estimate of drug-likeness (QED) is 0.829. The van der Waals surface area contributed by atoms with Crippen LogP contribution in [0.3, 0.4) is 0 Å². The van der Waals surface area contributed by atoms with E-state index in [0.29, 0.717) is 18.2 Å². The van der Waals surface area contributed by atoms with Gasteiger partial charge in [0.25, 0.3) is 0 Å². The van der Waals surface area contributed by atoms with Gasteiger partial charge in [0.2, 0.25) is 5.95 Å². The SMILES string of the molecule is Cc1cn(N=Cc2cc(F)cc(F)c2OCCC(C)C)c(N)n1. The highest BCUT2D eigenvalue weighted by Crippen LogP contribution is 2.24. The van der Waals surface area contributed by atoms with Crippen molar-refractivity contribution >= 4 is 12.2 Å². The van der Waals surface area contributed by atoms with E-state index in [9.17, 15) is 8.78 Å². The molecule has 2 N–H and O–H groups in total. The Labute approximate surface area is 133 Å². The Kier molecular flexibility index (Phi) is 5.31. The maximum atomic E-state index is 14.0. The van der Waals surface area contributed by atoms with E-state index in [4.69, 9.17) is 10.5 Å². The fourth-order valence-electron chi connectivity index (χ4n) is 1.95. The van der Waals surface area contributed by atoms with Gasteiger partial charge in [0.05, 0.1) is 24.7 Å². The second kappa shape index (κ2) is 7.21. The van der Waals surface area contributed by atoms with Crippen molar-refractivity contribution in [1.82, 2.24) is 9.66 Å². The number of imidazole rings is 1. The number of aromatic nitrogens is 2. The van der Waals surface area contributed by atoms with Crippen LogP contribution in [0.15, 0.2) is 23.4 Å². The van der Waals surface area contributed by atoms with Crippen molar-refractivity contribution in [3.8, 4) is 5.75 Å². The molecule has 0 fully saturated rings. The van der Waals surface area contributed by atoms with Crippen molar-refractivity contribution in [1.29, 1.82) is 0 Å². The molecule has 0 aliphatic heterocycles. The van der Waals surface area contributed by atoms with Gasteiger partial charge in [-0.25, -0.2) is 18.4 Å². The normalized spacial score (nSPS) is 11.6. The summed E-state index contributed by atoms with van der Waals surface area (Å²) in [6.45, 7) is 6.19. The lowest BCUT2D eigenvalue weighted by atomic mass is 10.1. The molecule has 0 amide bonds. The molecule has 0 aliphatic carbocycles. The topological polar surface area (TPSA) is 65.4 Å². The van der Waals surface area contributed by atoms with Crippen LogP contribution in [0.4, 0.5) is 14.7 Å². The van der Waals surface area contributed by atoms with Gasteiger partial charge in [-0.2, -0.15) is 5.10 Å². The van der Waals surface area contributed by atoms with Crippen LogP contribution in [-0.2, 0) is 0 Å². The molecule has 23 heavy (non-hydrogen) atoms. The van der Waals surface area contributed by atoms with Gasteiger partial charge in [0.1, 0.15) is 5.82 Å². The second-order valence-electron chi connectivity index (χ2n) is 5.67. The number of aryl methyl sites for hydroxylation is 1. The predicted molar refractivity (Wildman–Crippen MR) is 85.7 cm³/mol. The molecule has 124 valence electrons. The van der Waals surface area contributed by atoms with Crippen molar-refractivity contribution < 1.29 is 13.5 Å². The van der Waals surface area contributed by atoms with Crippen LogP contribution in [0.1, 0.15) is 31.5 Å². The van der Waals surface area contributed by atoms with Gasteiger partial charge in [-0.15, -0.1) is 0 Å². The zero-order chi connectivity index (χ0) is 17.0. The first-order chi connectivity index (χ1) is 10.9. The van der Waals surface area contributed by atoms with E-state index in [1.54, 1.807) is 13.1 Å². The molecular formula is C16H20F2N4O. The third kappa shape index (κ3) is 4.51. The van der Waals surface area contributed by atoms with E-state index in [2.05, 4.69) is 10.1 Å². The minimum Gasteiger partial charge on any atom is -0.490 e. The van der Waals surface area contributed by atoms with Crippen LogP contribution in [-0.4, -0.2) is 22.5 Å². The first-order valence-corrected chi connectivity index (χ1v) is 7.34. The number of nitrogen functional groups attached to an aromatic ring is 1. The Morgan fingerprint density at radius 3 is 2.74 bits per heavy atom. The van der Waals surface area contributed by atoms with Gasteiger partial charge >= 0.3 is 0 Å². The lowest BCUT2D eigenvalue weighted by Crippen LogP contribution is -2.06. The molecule has 1 aromatic carbocycles. The van der Waals surface area contributed by atoms with Gasteiger partial charge in [-0.1, -0.05) is 13.8 Å². The van der Waals surface area contributed by atoms with Crippen molar-refractivity contribution in [2.24, 2.45) is 11.0 Å². The standard InChI is InChI=1S/C16H20F2N4O/c1-10(2)4-5-23-15-12(6-13(17)7-14(15)18)8-20-22-9-11(3)21-16(22)19/h6-10H,4-5H2,1-3H3,(H2,19,21). The van der Waals surface area contributed by atoms with E-state index >= 15 is 0 Å². The molecule has 2 aromatic rings. The van der Waals surface area contributed by atoms with Crippen LogP contribution < -0.4 is 10.5 Å². The van der Waals surface area contributed by atoms with Crippen molar-refractivity contribution in [3.05, 3.63) is 41.2 Å². The summed E-state index contributed by atoms with van der Waals surface area (Å²) in [5.41, 5.74) is 6.57. The summed E-state index contributed by atoms with van der Waals surface area (Å²) in [6.07, 6.45) is 3.68. The number of halogens is 2. The number of ether oxygens (including phenoxy) is 1. The van der Waals surface area contributed by atoms with Gasteiger partial charge < -0.3 is 10.5 Å². The smallest absolute Gasteiger partial charge is 0.221 e. The largest absolute Gasteiger partial charge is 0.490 e. The average molecular weight is 322 g/mol. The molecule has 0 bridgehead atoms. The molecule has 1 aromatic heterocycles. The summed E-state index contributed by atoms with van der Waals surface area (Å²) in [7, 11) is 0. The van der Waals surface area contributed by atoms with Gasteiger partial charge in [-0.3, -0.25) is 0 Å². The molecule has 5 nitrogen and oxygen atoms in total. The Morgan fingerprint density at radius 1 is 1.39 bits per heavy atom. The molecule has 1 heterocycles. The van der Waals surface area contributed by atoms with Crippen LogP contribution in [0.5, 0.6) is 5.75 Å². The highest BCUT2D eigenvalue weighted by molar-refractivity contribution is 5.83. The summed E-state index contributed by atoms with van der Waals surface area (Å²) < 4.78 is 34.2. The van der Waals surface area contributed by atoms with Crippen LogP contribution in [0.25, 0.3) is 0 Å². The van der Waals surface area contributed by atoms with Crippen molar-refractivity contribution in [3.63, 3.8) is 0 Å². The highest BCUT2D eigenvalue weighted by atomic mass is 19.1. The third-order valence-electron chi connectivity index (χ3n) is 3.13. The van der Waals surface area contributed by atoms with Crippen LogP contribution in [0.2, 0.25) is 0 Å². The highest BCUT2D eigenvalue weighted by Gasteiger charge is 2.12. The first kappa shape index (κ1) is 16.9. The monoisotopic (exact) mass is 322 g/mol. The maximum absolute atomic E-state index is 14.0.